The molecule has 0 N–H and O–H groups in total. The fourth-order valence-electron chi connectivity index (χ4n) is 3.39. The lowest BCUT2D eigenvalue weighted by Crippen LogP contribution is -2.30. The van der Waals surface area contributed by atoms with Crippen molar-refractivity contribution in [3.05, 3.63) is 65.7 Å². The molecule has 2 aromatic rings. The van der Waals surface area contributed by atoms with Crippen LogP contribution in [-0.4, -0.2) is 24.5 Å². The maximum absolute atomic E-state index is 12.8. The number of ether oxygens (including phenoxy) is 1. The normalized spacial score (nSPS) is 19.0. The van der Waals surface area contributed by atoms with E-state index < -0.39 is 0 Å². The molecule has 1 saturated heterocycles. The number of likely N-dealkylation sites (tertiary alicyclic amines) is 1. The molecule has 1 aliphatic heterocycles. The molecule has 0 saturated carbocycles. The molecule has 120 valence electrons. The molecule has 2 atom stereocenters. The second kappa shape index (κ2) is 6.86. The highest BCUT2D eigenvalue weighted by Crippen LogP contribution is 2.32. The molecule has 3 heteroatoms. The van der Waals surface area contributed by atoms with E-state index in [1.54, 1.807) is 7.11 Å². The summed E-state index contributed by atoms with van der Waals surface area (Å²) in [5, 5.41) is 0. The number of para-hydroxylation sites is 1. The third-order valence-electron chi connectivity index (χ3n) is 4.76. The van der Waals surface area contributed by atoms with Gasteiger partial charge in [-0.25, -0.2) is 0 Å². The van der Waals surface area contributed by atoms with Crippen molar-refractivity contribution in [2.24, 2.45) is 5.92 Å². The molecular formula is C20H23NO2. The number of benzene rings is 2. The van der Waals surface area contributed by atoms with E-state index in [9.17, 15) is 4.79 Å². The van der Waals surface area contributed by atoms with E-state index in [4.69, 9.17) is 4.74 Å². The van der Waals surface area contributed by atoms with Gasteiger partial charge in [-0.05, 0) is 37.0 Å². The van der Waals surface area contributed by atoms with Gasteiger partial charge in [0.05, 0.1) is 13.2 Å². The van der Waals surface area contributed by atoms with Crippen molar-refractivity contribution in [1.29, 1.82) is 0 Å². The Balaban J connectivity index is 1.72. The minimum atomic E-state index is 0.0532. The van der Waals surface area contributed by atoms with Crippen LogP contribution in [0.1, 0.15) is 30.5 Å². The first kappa shape index (κ1) is 15.6. The van der Waals surface area contributed by atoms with Gasteiger partial charge >= 0.3 is 0 Å². The topological polar surface area (TPSA) is 29.5 Å². The molecule has 0 spiro atoms. The van der Waals surface area contributed by atoms with Crippen LogP contribution in [0.2, 0.25) is 0 Å². The molecule has 1 aliphatic rings. The van der Waals surface area contributed by atoms with Crippen LogP contribution < -0.4 is 4.74 Å². The highest BCUT2D eigenvalue weighted by Gasteiger charge is 2.35. The number of rotatable bonds is 5. The zero-order valence-corrected chi connectivity index (χ0v) is 13.7. The summed E-state index contributed by atoms with van der Waals surface area (Å²) in [4.78, 5) is 14.8. The van der Waals surface area contributed by atoms with Crippen molar-refractivity contribution in [2.45, 2.75) is 25.8 Å². The third-order valence-corrected chi connectivity index (χ3v) is 4.76. The van der Waals surface area contributed by atoms with Gasteiger partial charge in [-0.1, -0.05) is 48.5 Å². The molecule has 0 aliphatic carbocycles. The van der Waals surface area contributed by atoms with E-state index in [0.29, 0.717) is 0 Å². The first-order valence-corrected chi connectivity index (χ1v) is 8.18. The molecule has 1 heterocycles. The lowest BCUT2D eigenvalue weighted by atomic mass is 9.97. The Bertz CT molecular complexity index is 668. The predicted octanol–water partition coefficient (Wildman–Crippen LogP) is 3.85. The first-order valence-electron chi connectivity index (χ1n) is 8.18. The standard InChI is InChI=1S/C20H23NO2/c1-15(16-8-4-3-5-9-16)21-13-12-18(20(21)22)14-17-10-6-7-11-19(17)23-2/h3-11,15,18H,12-14H2,1-2H3/t15-,18-/m0/s1. The Hall–Kier alpha value is -2.29. The number of amides is 1. The van der Waals surface area contributed by atoms with Gasteiger partial charge in [-0.2, -0.15) is 0 Å². The maximum Gasteiger partial charge on any atom is 0.226 e. The lowest BCUT2D eigenvalue weighted by Gasteiger charge is -2.25. The molecule has 1 fully saturated rings. The molecule has 0 radical (unpaired) electrons. The zero-order chi connectivity index (χ0) is 16.2. The average molecular weight is 309 g/mol. The molecule has 3 nitrogen and oxygen atoms in total. The fraction of sp³-hybridized carbons (Fsp3) is 0.350. The van der Waals surface area contributed by atoms with Crippen LogP contribution in [0.5, 0.6) is 5.75 Å². The van der Waals surface area contributed by atoms with Gasteiger partial charge in [-0.15, -0.1) is 0 Å². The van der Waals surface area contributed by atoms with Gasteiger partial charge in [0.1, 0.15) is 5.75 Å². The number of methoxy groups -OCH3 is 1. The molecule has 3 rings (SSSR count). The maximum atomic E-state index is 12.8. The van der Waals surface area contributed by atoms with Crippen LogP contribution in [0.15, 0.2) is 54.6 Å². The number of hydrogen-bond donors (Lipinski definition) is 0. The van der Waals surface area contributed by atoms with Crippen molar-refractivity contribution in [1.82, 2.24) is 4.90 Å². The van der Waals surface area contributed by atoms with Crippen molar-refractivity contribution < 1.29 is 9.53 Å². The molecular weight excluding hydrogens is 286 g/mol. The van der Waals surface area contributed by atoms with Gasteiger partial charge in [0.15, 0.2) is 0 Å². The van der Waals surface area contributed by atoms with Gasteiger partial charge in [0, 0.05) is 12.5 Å². The first-order chi connectivity index (χ1) is 11.2. The van der Waals surface area contributed by atoms with Gasteiger partial charge in [0.2, 0.25) is 5.91 Å². The van der Waals surface area contributed by atoms with Crippen molar-refractivity contribution in [2.75, 3.05) is 13.7 Å². The highest BCUT2D eigenvalue weighted by atomic mass is 16.5. The van der Waals surface area contributed by atoms with Gasteiger partial charge in [-0.3, -0.25) is 4.79 Å². The number of carbonyl (C=O) groups excluding carboxylic acids is 1. The molecule has 0 bridgehead atoms. The van der Waals surface area contributed by atoms with Crippen molar-refractivity contribution in [3.63, 3.8) is 0 Å². The van der Waals surface area contributed by atoms with Crippen LogP contribution in [0, 0.1) is 5.92 Å². The van der Waals surface area contributed by atoms with Crippen LogP contribution in [0.3, 0.4) is 0 Å². The van der Waals surface area contributed by atoms with E-state index in [-0.39, 0.29) is 17.9 Å². The Morgan fingerprint density at radius 2 is 1.83 bits per heavy atom. The molecule has 0 unspecified atom stereocenters. The molecule has 1 amide bonds. The van der Waals surface area contributed by atoms with E-state index in [2.05, 4.69) is 25.1 Å². The highest BCUT2D eigenvalue weighted by molar-refractivity contribution is 5.81. The van der Waals surface area contributed by atoms with E-state index in [1.807, 2.05) is 41.3 Å². The summed E-state index contributed by atoms with van der Waals surface area (Å²) in [6.45, 7) is 2.94. The fourth-order valence-corrected chi connectivity index (χ4v) is 3.39. The number of nitrogens with zero attached hydrogens (tertiary/aromatic N) is 1. The molecule has 2 aromatic carbocycles. The van der Waals surface area contributed by atoms with Gasteiger partial charge in [0.25, 0.3) is 0 Å². The second-order valence-corrected chi connectivity index (χ2v) is 6.12. The van der Waals surface area contributed by atoms with E-state index >= 15 is 0 Å². The Kier molecular flexibility index (Phi) is 4.65. The van der Waals surface area contributed by atoms with E-state index in [0.717, 1.165) is 30.7 Å². The Morgan fingerprint density at radius 3 is 2.57 bits per heavy atom. The van der Waals surface area contributed by atoms with Gasteiger partial charge < -0.3 is 9.64 Å². The minimum absolute atomic E-state index is 0.0532. The SMILES string of the molecule is COc1ccccc1C[C@@H]1CCN([C@@H](C)c2ccccc2)C1=O. The van der Waals surface area contributed by atoms with E-state index in [1.165, 1.54) is 5.56 Å². The van der Waals surface area contributed by atoms with Crippen molar-refractivity contribution in [3.8, 4) is 5.75 Å². The van der Waals surface area contributed by atoms with Crippen LogP contribution in [0.25, 0.3) is 0 Å². The average Bonchev–Trinajstić information content (AvgIpc) is 2.96. The Labute approximate surface area is 137 Å². The predicted molar refractivity (Wildman–Crippen MR) is 91.4 cm³/mol. The quantitative estimate of drug-likeness (QED) is 0.839. The van der Waals surface area contributed by atoms with Crippen LogP contribution >= 0.6 is 0 Å². The number of carbonyl (C=O) groups is 1. The summed E-state index contributed by atoms with van der Waals surface area (Å²) in [6.07, 6.45) is 1.66. The number of hydrogen-bond acceptors (Lipinski definition) is 2. The monoisotopic (exact) mass is 309 g/mol. The third kappa shape index (κ3) is 3.24. The second-order valence-electron chi connectivity index (χ2n) is 6.12. The summed E-state index contributed by atoms with van der Waals surface area (Å²) in [5.41, 5.74) is 2.31. The van der Waals surface area contributed by atoms with Crippen molar-refractivity contribution >= 4 is 5.91 Å². The summed E-state index contributed by atoms with van der Waals surface area (Å²) in [6, 6.07) is 18.3. The smallest absolute Gasteiger partial charge is 0.226 e. The lowest BCUT2D eigenvalue weighted by molar-refractivity contribution is -0.132. The molecule has 23 heavy (non-hydrogen) atoms. The summed E-state index contributed by atoms with van der Waals surface area (Å²) < 4.78 is 5.41. The molecule has 0 aromatic heterocycles. The Morgan fingerprint density at radius 1 is 1.13 bits per heavy atom. The summed E-state index contributed by atoms with van der Waals surface area (Å²) in [5.74, 6) is 1.18. The minimum Gasteiger partial charge on any atom is -0.496 e. The summed E-state index contributed by atoms with van der Waals surface area (Å²) >= 11 is 0. The largest absolute Gasteiger partial charge is 0.496 e. The zero-order valence-electron chi connectivity index (χ0n) is 13.7. The van der Waals surface area contributed by atoms with Crippen LogP contribution in [-0.2, 0) is 11.2 Å². The van der Waals surface area contributed by atoms with Crippen LogP contribution in [0.4, 0.5) is 0 Å². The summed E-state index contributed by atoms with van der Waals surface area (Å²) in [7, 11) is 1.68.